The van der Waals surface area contributed by atoms with Crippen molar-refractivity contribution in [2.24, 2.45) is 0 Å². The summed E-state index contributed by atoms with van der Waals surface area (Å²) in [6.45, 7) is 1.38. The molecule has 0 spiro atoms. The molecule has 0 bridgehead atoms. The number of thioether (sulfide) groups is 1. The van der Waals surface area contributed by atoms with Crippen LogP contribution in [-0.2, 0) is 0 Å². The lowest BCUT2D eigenvalue weighted by Gasteiger charge is -2.20. The Morgan fingerprint density at radius 2 is 2.25 bits per heavy atom. The molecule has 1 saturated heterocycles. The number of halogens is 1. The zero-order valence-electron chi connectivity index (χ0n) is 11.1. The highest BCUT2D eigenvalue weighted by Crippen LogP contribution is 2.19. The summed E-state index contributed by atoms with van der Waals surface area (Å²) in [5.41, 5.74) is 1.22. The van der Waals surface area contributed by atoms with Gasteiger partial charge in [0, 0.05) is 30.0 Å². The molecule has 0 atom stereocenters. The van der Waals surface area contributed by atoms with Crippen molar-refractivity contribution >= 4 is 29.3 Å². The van der Waals surface area contributed by atoms with Gasteiger partial charge in [0.1, 0.15) is 6.61 Å². The Bertz CT molecular complexity index is 543. The molecule has 0 saturated carbocycles. The monoisotopic (exact) mass is 309 g/mol. The number of benzene rings is 1. The fourth-order valence-corrected chi connectivity index (χ4v) is 3.13. The molecule has 1 aromatic carbocycles. The second-order valence-electron chi connectivity index (χ2n) is 4.41. The third-order valence-electron chi connectivity index (χ3n) is 3.03. The fourth-order valence-electron chi connectivity index (χ4n) is 2.02. The number of rotatable bonds is 1. The van der Waals surface area contributed by atoms with Crippen molar-refractivity contribution in [3.8, 4) is 11.8 Å². The first-order chi connectivity index (χ1) is 9.72. The van der Waals surface area contributed by atoms with Crippen LogP contribution >= 0.6 is 23.4 Å². The van der Waals surface area contributed by atoms with Crippen molar-refractivity contribution in [2.45, 2.75) is 6.42 Å². The summed E-state index contributed by atoms with van der Waals surface area (Å²) < 4.78 is 0. The standard InChI is InChI=1S/C15H16ClNO2S/c16-14-11-13(5-4-12(14)3-1-8-18)15(19)17-6-2-9-20-10-7-17/h4-5,11,18H,2,6-10H2. The quantitative estimate of drug-likeness (QED) is 0.809. The summed E-state index contributed by atoms with van der Waals surface area (Å²) in [7, 11) is 0. The van der Waals surface area contributed by atoms with Gasteiger partial charge in [0.05, 0.1) is 5.02 Å². The summed E-state index contributed by atoms with van der Waals surface area (Å²) in [6.07, 6.45) is 1.03. The molecule has 0 aromatic heterocycles. The Hall–Kier alpha value is -1.15. The van der Waals surface area contributed by atoms with Gasteiger partial charge in [-0.1, -0.05) is 23.4 Å². The van der Waals surface area contributed by atoms with Gasteiger partial charge in [0.15, 0.2) is 0 Å². The molecular formula is C15H16ClNO2S. The van der Waals surface area contributed by atoms with Crippen LogP contribution < -0.4 is 0 Å². The summed E-state index contributed by atoms with van der Waals surface area (Å²) in [4.78, 5) is 14.3. The van der Waals surface area contributed by atoms with Crippen molar-refractivity contribution in [3.05, 3.63) is 34.3 Å². The summed E-state index contributed by atoms with van der Waals surface area (Å²) >= 11 is 8.01. The van der Waals surface area contributed by atoms with Gasteiger partial charge in [-0.3, -0.25) is 4.79 Å². The molecule has 0 aliphatic carbocycles. The van der Waals surface area contributed by atoms with Gasteiger partial charge in [-0.25, -0.2) is 0 Å². The van der Waals surface area contributed by atoms with E-state index in [0.29, 0.717) is 16.1 Å². The van der Waals surface area contributed by atoms with Crippen LogP contribution in [0.5, 0.6) is 0 Å². The van der Waals surface area contributed by atoms with Gasteiger partial charge in [-0.05, 0) is 30.4 Å². The van der Waals surface area contributed by atoms with Crippen LogP contribution in [0.4, 0.5) is 0 Å². The second kappa shape index (κ2) is 7.58. The molecule has 1 aliphatic heterocycles. The first-order valence-corrected chi connectivity index (χ1v) is 8.02. The van der Waals surface area contributed by atoms with E-state index in [1.54, 1.807) is 18.2 Å². The number of carbonyl (C=O) groups excluding carboxylic acids is 1. The van der Waals surface area contributed by atoms with Crippen molar-refractivity contribution in [3.63, 3.8) is 0 Å². The molecule has 5 heteroatoms. The highest BCUT2D eigenvalue weighted by atomic mass is 35.5. The van der Waals surface area contributed by atoms with Crippen LogP contribution in [0.1, 0.15) is 22.3 Å². The summed E-state index contributed by atoms with van der Waals surface area (Å²) in [5, 5.41) is 9.12. The van der Waals surface area contributed by atoms with Crippen LogP contribution in [0.15, 0.2) is 18.2 Å². The van der Waals surface area contributed by atoms with E-state index in [4.69, 9.17) is 16.7 Å². The van der Waals surface area contributed by atoms with Crippen molar-refractivity contribution < 1.29 is 9.90 Å². The van der Waals surface area contributed by atoms with Crippen LogP contribution in [0, 0.1) is 11.8 Å². The minimum atomic E-state index is -0.206. The Kier molecular flexibility index (Phi) is 5.78. The van der Waals surface area contributed by atoms with Gasteiger partial charge in [-0.2, -0.15) is 11.8 Å². The van der Waals surface area contributed by atoms with E-state index in [2.05, 4.69) is 11.8 Å². The average molecular weight is 310 g/mol. The SMILES string of the molecule is O=C(c1ccc(C#CCO)c(Cl)c1)N1CCCSCC1. The summed E-state index contributed by atoms with van der Waals surface area (Å²) in [5.74, 6) is 7.43. The van der Waals surface area contributed by atoms with Crippen molar-refractivity contribution in [2.75, 3.05) is 31.2 Å². The lowest BCUT2D eigenvalue weighted by atomic mass is 10.1. The molecule has 0 radical (unpaired) electrons. The van der Waals surface area contributed by atoms with Crippen LogP contribution in [0.25, 0.3) is 0 Å². The Labute approximate surface area is 128 Å². The fraction of sp³-hybridized carbons (Fsp3) is 0.400. The molecule has 1 heterocycles. The number of carbonyl (C=O) groups is 1. The second-order valence-corrected chi connectivity index (χ2v) is 6.04. The Balaban J connectivity index is 2.15. The highest BCUT2D eigenvalue weighted by Gasteiger charge is 2.18. The highest BCUT2D eigenvalue weighted by molar-refractivity contribution is 7.99. The zero-order chi connectivity index (χ0) is 14.4. The molecule has 106 valence electrons. The van der Waals surface area contributed by atoms with Crippen molar-refractivity contribution in [1.29, 1.82) is 0 Å². The smallest absolute Gasteiger partial charge is 0.253 e. The zero-order valence-corrected chi connectivity index (χ0v) is 12.6. The largest absolute Gasteiger partial charge is 0.384 e. The van der Waals surface area contributed by atoms with E-state index >= 15 is 0 Å². The normalized spacial score (nSPS) is 15.2. The number of hydrogen-bond donors (Lipinski definition) is 1. The predicted octanol–water partition coefficient (Wildman–Crippen LogP) is 2.26. The van der Waals surface area contributed by atoms with Gasteiger partial charge in [0.2, 0.25) is 0 Å². The number of nitrogens with zero attached hydrogens (tertiary/aromatic N) is 1. The lowest BCUT2D eigenvalue weighted by molar-refractivity contribution is 0.0768. The molecule has 0 unspecified atom stereocenters. The molecule has 1 N–H and O–H groups in total. The number of hydrogen-bond acceptors (Lipinski definition) is 3. The van der Waals surface area contributed by atoms with Crippen LogP contribution in [0.3, 0.4) is 0 Å². The lowest BCUT2D eigenvalue weighted by Crippen LogP contribution is -2.32. The number of aliphatic hydroxyl groups is 1. The van der Waals surface area contributed by atoms with E-state index in [0.717, 1.165) is 31.0 Å². The van der Waals surface area contributed by atoms with Crippen LogP contribution in [-0.4, -0.2) is 47.1 Å². The molecule has 1 amide bonds. The minimum absolute atomic E-state index is 0.0241. The molecule has 2 rings (SSSR count). The van der Waals surface area contributed by atoms with Crippen LogP contribution in [0.2, 0.25) is 5.02 Å². The first-order valence-electron chi connectivity index (χ1n) is 6.48. The van der Waals surface area contributed by atoms with E-state index in [-0.39, 0.29) is 12.5 Å². The predicted molar refractivity (Wildman–Crippen MR) is 83.3 cm³/mol. The summed E-state index contributed by atoms with van der Waals surface area (Å²) in [6, 6.07) is 5.13. The number of aliphatic hydroxyl groups excluding tert-OH is 1. The Morgan fingerprint density at radius 3 is 3.00 bits per heavy atom. The van der Waals surface area contributed by atoms with Gasteiger partial charge in [-0.15, -0.1) is 0 Å². The van der Waals surface area contributed by atoms with Gasteiger partial charge in [0.25, 0.3) is 5.91 Å². The minimum Gasteiger partial charge on any atom is -0.384 e. The molecule has 20 heavy (non-hydrogen) atoms. The first kappa shape index (κ1) is 15.2. The van der Waals surface area contributed by atoms with E-state index in [1.165, 1.54) is 0 Å². The van der Waals surface area contributed by atoms with E-state index in [9.17, 15) is 4.79 Å². The molecule has 1 fully saturated rings. The topological polar surface area (TPSA) is 40.5 Å². The maximum atomic E-state index is 12.4. The number of amides is 1. The third-order valence-corrected chi connectivity index (χ3v) is 4.39. The maximum absolute atomic E-state index is 12.4. The van der Waals surface area contributed by atoms with Gasteiger partial charge >= 0.3 is 0 Å². The van der Waals surface area contributed by atoms with E-state index in [1.807, 2.05) is 16.7 Å². The molecular weight excluding hydrogens is 294 g/mol. The molecule has 3 nitrogen and oxygen atoms in total. The molecule has 1 aromatic rings. The Morgan fingerprint density at radius 1 is 1.40 bits per heavy atom. The maximum Gasteiger partial charge on any atom is 0.253 e. The van der Waals surface area contributed by atoms with Crippen molar-refractivity contribution in [1.82, 2.24) is 4.90 Å². The average Bonchev–Trinajstić information content (AvgIpc) is 2.74. The molecule has 1 aliphatic rings. The van der Waals surface area contributed by atoms with E-state index < -0.39 is 0 Å². The third kappa shape index (κ3) is 3.92. The van der Waals surface area contributed by atoms with Gasteiger partial charge < -0.3 is 10.0 Å².